The highest BCUT2D eigenvalue weighted by atomic mass is 35.5. The molecule has 0 bridgehead atoms. The first kappa shape index (κ1) is 23.3. The first-order chi connectivity index (χ1) is 13.4. The smallest absolute Gasteiger partial charge is 0.383 e. The van der Waals surface area contributed by atoms with Crippen molar-refractivity contribution in [2.75, 3.05) is 17.9 Å². The van der Waals surface area contributed by atoms with Crippen molar-refractivity contribution in [1.29, 1.82) is 0 Å². The average Bonchev–Trinajstić information content (AvgIpc) is 2.95. The summed E-state index contributed by atoms with van der Waals surface area (Å²) in [5.74, 6) is -2.18. The van der Waals surface area contributed by atoms with E-state index in [0.29, 0.717) is 12.1 Å². The molecule has 1 unspecified atom stereocenters. The van der Waals surface area contributed by atoms with E-state index in [1.807, 2.05) is 0 Å². The number of oxime groups is 1. The van der Waals surface area contributed by atoms with Gasteiger partial charge in [0.2, 0.25) is 0 Å². The Labute approximate surface area is 179 Å². The first-order valence-electron chi connectivity index (χ1n) is 7.26. The number of benzene rings is 1. The Morgan fingerprint density at radius 1 is 1.34 bits per heavy atom. The van der Waals surface area contributed by atoms with Gasteiger partial charge in [-0.25, -0.2) is 9.48 Å². The Bertz CT molecular complexity index is 1000. The van der Waals surface area contributed by atoms with Gasteiger partial charge in [-0.1, -0.05) is 28.4 Å². The van der Waals surface area contributed by atoms with Gasteiger partial charge < -0.3 is 16.3 Å². The van der Waals surface area contributed by atoms with Crippen LogP contribution in [0.3, 0.4) is 0 Å². The lowest BCUT2D eigenvalue weighted by molar-refractivity contribution is -0.140. The van der Waals surface area contributed by atoms with Crippen molar-refractivity contribution in [3.63, 3.8) is 0 Å². The number of aromatic nitrogens is 2. The number of halogens is 6. The molecule has 1 aromatic carbocycles. The summed E-state index contributed by atoms with van der Waals surface area (Å²) in [6.07, 6.45) is -3.44. The normalized spacial score (nSPS) is 13.4. The van der Waals surface area contributed by atoms with Crippen LogP contribution in [0, 0.1) is 0 Å². The number of amidine groups is 1. The molecular formula is C14H11Cl3F3N5O3S. The minimum Gasteiger partial charge on any atom is -0.383 e. The van der Waals surface area contributed by atoms with Crippen molar-refractivity contribution in [1.82, 2.24) is 9.78 Å². The largest absolute Gasteiger partial charge is 0.416 e. The van der Waals surface area contributed by atoms with Crippen molar-refractivity contribution >= 4 is 63.2 Å². The second-order valence-electron chi connectivity index (χ2n) is 5.29. The fourth-order valence-corrected chi connectivity index (χ4v) is 3.63. The molecule has 0 spiro atoms. The van der Waals surface area contributed by atoms with Gasteiger partial charge in [0.15, 0.2) is 5.84 Å². The first-order valence-corrected chi connectivity index (χ1v) is 10.1. The molecule has 1 atom stereocenters. The third-order valence-electron chi connectivity index (χ3n) is 3.32. The van der Waals surface area contributed by atoms with Crippen molar-refractivity contribution < 1.29 is 27.0 Å². The number of rotatable bonds is 5. The maximum absolute atomic E-state index is 12.9. The quantitative estimate of drug-likeness (QED) is 0.217. The molecule has 0 saturated heterocycles. The van der Waals surface area contributed by atoms with Crippen molar-refractivity contribution in [3.05, 3.63) is 33.4 Å². The lowest BCUT2D eigenvalue weighted by Gasteiger charge is -2.13. The molecule has 1 heterocycles. The minimum absolute atomic E-state index is 0.125. The molecule has 15 heteroatoms. The van der Waals surface area contributed by atoms with Crippen LogP contribution in [-0.4, -0.2) is 37.9 Å². The van der Waals surface area contributed by atoms with E-state index in [4.69, 9.17) is 46.3 Å². The van der Waals surface area contributed by atoms with Gasteiger partial charge in [-0.3, -0.25) is 4.21 Å². The van der Waals surface area contributed by atoms with Crippen LogP contribution in [0.15, 0.2) is 22.2 Å². The molecule has 1 aromatic heterocycles. The van der Waals surface area contributed by atoms with Crippen LogP contribution in [0.2, 0.25) is 10.0 Å². The molecule has 158 valence electrons. The molecule has 0 aliphatic rings. The van der Waals surface area contributed by atoms with Crippen LogP contribution in [-0.2, 0) is 26.6 Å². The van der Waals surface area contributed by atoms with E-state index in [2.05, 4.69) is 15.1 Å². The molecule has 0 aliphatic heterocycles. The van der Waals surface area contributed by atoms with E-state index in [9.17, 15) is 22.2 Å². The maximum atomic E-state index is 12.9. The third-order valence-corrected chi connectivity index (χ3v) is 5.09. The van der Waals surface area contributed by atoms with Crippen LogP contribution < -0.4 is 11.5 Å². The van der Waals surface area contributed by atoms with Gasteiger partial charge in [0.1, 0.15) is 28.0 Å². The monoisotopic (exact) mass is 491 g/mol. The zero-order chi connectivity index (χ0) is 22.1. The molecule has 0 amide bonds. The highest BCUT2D eigenvalue weighted by molar-refractivity contribution is 7.84. The number of nitrogens with zero attached hydrogens (tertiary/aromatic N) is 3. The Morgan fingerprint density at radius 3 is 2.34 bits per heavy atom. The summed E-state index contributed by atoms with van der Waals surface area (Å²) < 4.78 is 51.8. The fraction of sp³-hybridized carbons (Fsp3) is 0.214. The zero-order valence-electron chi connectivity index (χ0n) is 14.3. The number of alkyl halides is 4. The Morgan fingerprint density at radius 2 is 1.90 bits per heavy atom. The second kappa shape index (κ2) is 8.78. The predicted molar refractivity (Wildman–Crippen MR) is 103 cm³/mol. The molecule has 0 radical (unpaired) electrons. The van der Waals surface area contributed by atoms with Crippen LogP contribution in [0.25, 0.3) is 5.69 Å². The number of carbonyl (C=O) groups is 1. The van der Waals surface area contributed by atoms with E-state index in [0.717, 1.165) is 4.68 Å². The molecular weight excluding hydrogens is 482 g/mol. The van der Waals surface area contributed by atoms with E-state index in [-0.39, 0.29) is 22.1 Å². The van der Waals surface area contributed by atoms with Crippen LogP contribution in [0.5, 0.6) is 0 Å². The van der Waals surface area contributed by atoms with Gasteiger partial charge in [0, 0.05) is 6.26 Å². The summed E-state index contributed by atoms with van der Waals surface area (Å²) >= 11 is 17.2. The second-order valence-corrected chi connectivity index (χ2v) is 7.69. The summed E-state index contributed by atoms with van der Waals surface area (Å²) in [5.41, 5.74) is 10.1. The number of carbonyl (C=O) groups excluding carboxylic acids is 1. The van der Waals surface area contributed by atoms with Crippen molar-refractivity contribution in [2.45, 2.75) is 11.1 Å². The third kappa shape index (κ3) is 4.94. The zero-order valence-corrected chi connectivity index (χ0v) is 17.3. The molecule has 0 saturated carbocycles. The Balaban J connectivity index is 2.67. The molecule has 4 N–H and O–H groups in total. The Kier molecular flexibility index (Phi) is 7.04. The molecule has 8 nitrogen and oxygen atoms in total. The highest BCUT2D eigenvalue weighted by Crippen LogP contribution is 2.39. The fourth-order valence-electron chi connectivity index (χ4n) is 2.14. The number of nitrogen functional groups attached to an aromatic ring is 1. The van der Waals surface area contributed by atoms with Crippen molar-refractivity contribution in [2.24, 2.45) is 10.9 Å². The molecule has 0 aliphatic carbocycles. The van der Waals surface area contributed by atoms with Crippen LogP contribution >= 0.6 is 34.8 Å². The summed E-state index contributed by atoms with van der Waals surface area (Å²) in [5, 5.41) is 6.46. The predicted octanol–water partition coefficient (Wildman–Crippen LogP) is 2.92. The summed E-state index contributed by atoms with van der Waals surface area (Å²) in [6.45, 7) is 0. The lowest BCUT2D eigenvalue weighted by atomic mass is 10.2. The van der Waals surface area contributed by atoms with Gasteiger partial charge in [-0.2, -0.15) is 18.3 Å². The molecule has 2 aromatic rings. The topological polar surface area (TPSA) is 126 Å². The van der Waals surface area contributed by atoms with Gasteiger partial charge in [-0.15, -0.1) is 11.6 Å². The summed E-state index contributed by atoms with van der Waals surface area (Å²) in [4.78, 5) is 15.4. The van der Waals surface area contributed by atoms with Crippen LogP contribution in [0.1, 0.15) is 11.3 Å². The number of hydrogen-bond acceptors (Lipinski definition) is 6. The minimum atomic E-state index is -4.69. The van der Waals surface area contributed by atoms with Gasteiger partial charge >= 0.3 is 12.1 Å². The molecule has 0 fully saturated rings. The maximum Gasteiger partial charge on any atom is 0.416 e. The summed E-state index contributed by atoms with van der Waals surface area (Å²) in [6, 6.07) is 1.26. The molecule has 2 rings (SSSR count). The molecule has 29 heavy (non-hydrogen) atoms. The number of nitrogens with two attached hydrogens (primary N) is 2. The number of hydrogen-bond donors (Lipinski definition) is 2. The standard InChI is InChI=1S/C14H11Cl3F3N5O3S/c1-29(27)11-9(12(21)24-28-8(26)4-15)23-25(13(11)22)10-6(16)2-5(3-7(10)17)14(18,19)20/h2-3H,4,22H2,1H3,(H2,21,24). The average molecular weight is 493 g/mol. The van der Waals surface area contributed by atoms with E-state index >= 15 is 0 Å². The van der Waals surface area contributed by atoms with E-state index in [1.54, 1.807) is 0 Å². The highest BCUT2D eigenvalue weighted by Gasteiger charge is 2.33. The van der Waals surface area contributed by atoms with E-state index < -0.39 is 50.3 Å². The van der Waals surface area contributed by atoms with Gasteiger partial charge in [-0.05, 0) is 12.1 Å². The Hall–Kier alpha value is -2.02. The van der Waals surface area contributed by atoms with E-state index in [1.165, 1.54) is 6.26 Å². The van der Waals surface area contributed by atoms with Crippen molar-refractivity contribution in [3.8, 4) is 5.69 Å². The van der Waals surface area contributed by atoms with Gasteiger partial charge in [0.05, 0.1) is 26.4 Å². The summed E-state index contributed by atoms with van der Waals surface area (Å²) in [7, 11) is -1.78. The number of anilines is 1. The SMILES string of the molecule is CS(=O)c1c(/C(N)=N/OC(=O)CCl)nn(-c2c(Cl)cc(C(F)(F)F)cc2Cl)c1N. The van der Waals surface area contributed by atoms with Gasteiger partial charge in [0.25, 0.3) is 0 Å². The van der Waals surface area contributed by atoms with Crippen LogP contribution in [0.4, 0.5) is 19.0 Å². The lowest BCUT2D eigenvalue weighted by Crippen LogP contribution is -2.18.